The van der Waals surface area contributed by atoms with Crippen LogP contribution in [0.15, 0.2) is 73.9 Å². The minimum absolute atomic E-state index is 0.0473. The van der Waals surface area contributed by atoms with Gasteiger partial charge in [0.05, 0.1) is 20.3 Å². The van der Waals surface area contributed by atoms with E-state index in [2.05, 4.69) is 60.1 Å². The number of unbranched alkanes of at least 4 members (excludes halogenated alkanes) is 10. The SMILES string of the molecule is C=C(C)C(=O)OC.C=C(C)C(=O)OCCO.C=CC(=O)OCCCC.C=Cc1ccccc1.CCCCCCCCCCCCS. The molecule has 0 spiro atoms. The number of carbonyl (C=O) groups excluding carboxylic acids is 3. The van der Waals surface area contributed by atoms with Crippen LogP contribution in [0.3, 0.4) is 0 Å². The number of aliphatic hydroxyl groups is 1. The van der Waals surface area contributed by atoms with Crippen LogP contribution in [0.4, 0.5) is 0 Å². The van der Waals surface area contributed by atoms with Crippen molar-refractivity contribution in [2.24, 2.45) is 0 Å². The fourth-order valence-corrected chi connectivity index (χ4v) is 3.22. The summed E-state index contributed by atoms with van der Waals surface area (Å²) in [5, 5.41) is 8.19. The molecule has 0 aliphatic heterocycles. The third-order valence-electron chi connectivity index (χ3n) is 5.66. The first-order valence-corrected chi connectivity index (χ1v) is 16.9. The number of hydrogen-bond donors (Lipinski definition) is 2. The fraction of sp³-hybridized carbons (Fsp3) is 0.553. The molecule has 1 rings (SSSR count). The van der Waals surface area contributed by atoms with Crippen molar-refractivity contribution in [2.45, 2.75) is 105 Å². The molecule has 1 aromatic carbocycles. The van der Waals surface area contributed by atoms with Gasteiger partial charge in [-0.3, -0.25) is 0 Å². The van der Waals surface area contributed by atoms with Crippen LogP contribution in [-0.4, -0.2) is 55.7 Å². The highest BCUT2D eigenvalue weighted by Gasteiger charge is 2.00. The van der Waals surface area contributed by atoms with Crippen LogP contribution in [0.2, 0.25) is 0 Å². The van der Waals surface area contributed by atoms with Gasteiger partial charge in [0.25, 0.3) is 0 Å². The summed E-state index contributed by atoms with van der Waals surface area (Å²) >= 11 is 4.20. The third-order valence-corrected chi connectivity index (χ3v) is 5.98. The molecule has 0 aliphatic rings. The van der Waals surface area contributed by atoms with Crippen LogP contribution in [0.5, 0.6) is 0 Å². The van der Waals surface area contributed by atoms with Gasteiger partial charge in [-0.1, -0.05) is 141 Å². The van der Waals surface area contributed by atoms with E-state index in [9.17, 15) is 14.4 Å². The van der Waals surface area contributed by atoms with Gasteiger partial charge in [-0.2, -0.15) is 12.6 Å². The maximum atomic E-state index is 10.5. The van der Waals surface area contributed by atoms with E-state index in [4.69, 9.17) is 5.11 Å². The maximum absolute atomic E-state index is 10.5. The van der Waals surface area contributed by atoms with Gasteiger partial charge in [0.2, 0.25) is 0 Å². The Bertz CT molecular complexity index is 886. The average Bonchev–Trinajstić information content (AvgIpc) is 3.07. The molecule has 1 N–H and O–H groups in total. The van der Waals surface area contributed by atoms with Crippen molar-refractivity contribution in [3.63, 3.8) is 0 Å². The zero-order valence-electron chi connectivity index (χ0n) is 29.5. The zero-order chi connectivity index (χ0) is 35.8. The van der Waals surface area contributed by atoms with E-state index in [1.807, 2.05) is 43.3 Å². The second kappa shape index (κ2) is 41.9. The lowest BCUT2D eigenvalue weighted by atomic mass is 10.1. The summed E-state index contributed by atoms with van der Waals surface area (Å²) in [6.45, 7) is 21.5. The van der Waals surface area contributed by atoms with Crippen LogP contribution in [0, 0.1) is 0 Å². The molecule has 0 saturated carbocycles. The van der Waals surface area contributed by atoms with Gasteiger partial charge in [-0.25, -0.2) is 14.4 Å². The zero-order valence-corrected chi connectivity index (χ0v) is 30.4. The molecule has 0 aromatic heterocycles. The first kappa shape index (κ1) is 49.8. The second-order valence-electron chi connectivity index (χ2n) is 10.2. The van der Waals surface area contributed by atoms with Gasteiger partial charge in [-0.05, 0) is 38.0 Å². The smallest absolute Gasteiger partial charge is 0.333 e. The predicted molar refractivity (Wildman–Crippen MR) is 198 cm³/mol. The molecule has 1 aromatic rings. The second-order valence-corrected chi connectivity index (χ2v) is 10.6. The Balaban J connectivity index is -0.000000244. The van der Waals surface area contributed by atoms with Crippen molar-refractivity contribution in [3.05, 3.63) is 79.4 Å². The molecule has 0 radical (unpaired) electrons. The van der Waals surface area contributed by atoms with E-state index in [0.29, 0.717) is 17.8 Å². The van der Waals surface area contributed by atoms with Gasteiger partial charge in [-0.15, -0.1) is 0 Å². The molecule has 0 saturated heterocycles. The number of thiol groups is 1. The number of methoxy groups -OCH3 is 1. The maximum Gasteiger partial charge on any atom is 0.333 e. The Morgan fingerprint density at radius 2 is 1.22 bits per heavy atom. The number of carbonyl (C=O) groups is 3. The van der Waals surface area contributed by atoms with Crippen LogP contribution >= 0.6 is 12.6 Å². The summed E-state index contributed by atoms with van der Waals surface area (Å²) < 4.78 is 13.4. The Morgan fingerprint density at radius 1 is 0.739 bits per heavy atom. The third kappa shape index (κ3) is 45.3. The molecule has 7 nitrogen and oxygen atoms in total. The highest BCUT2D eigenvalue weighted by molar-refractivity contribution is 7.80. The Morgan fingerprint density at radius 3 is 1.54 bits per heavy atom. The molecule has 0 unspecified atom stereocenters. The lowest BCUT2D eigenvalue weighted by Gasteiger charge is -2.00. The first-order chi connectivity index (χ1) is 22.0. The molecule has 0 aliphatic carbocycles. The van der Waals surface area contributed by atoms with Gasteiger partial charge >= 0.3 is 17.9 Å². The van der Waals surface area contributed by atoms with Crippen molar-refractivity contribution in [3.8, 4) is 0 Å². The topological polar surface area (TPSA) is 99.1 Å². The molecular weight excluding hydrogens is 600 g/mol. The lowest BCUT2D eigenvalue weighted by Crippen LogP contribution is -2.08. The Hall–Kier alpha value is -3.10. The van der Waals surface area contributed by atoms with E-state index < -0.39 is 5.97 Å². The van der Waals surface area contributed by atoms with Crippen molar-refractivity contribution in [1.29, 1.82) is 0 Å². The molecule has 0 amide bonds. The number of ether oxygens (including phenoxy) is 3. The van der Waals surface area contributed by atoms with E-state index >= 15 is 0 Å². The van der Waals surface area contributed by atoms with Gasteiger partial charge in [0.15, 0.2) is 0 Å². The molecule has 46 heavy (non-hydrogen) atoms. The minimum Gasteiger partial charge on any atom is -0.466 e. The van der Waals surface area contributed by atoms with Crippen LogP contribution < -0.4 is 0 Å². The Labute approximate surface area is 286 Å². The number of rotatable bonds is 19. The molecule has 0 fully saturated rings. The van der Waals surface area contributed by atoms with E-state index in [1.165, 1.54) is 83.0 Å². The standard InChI is InChI=1S/C12H26S.C8H8.C7H12O2.C6H10O3.C5H8O2/c1-2-3-4-5-6-7-8-9-10-11-12-13;1-2-8-6-4-3-5-7-8;1-3-5-6-9-7(8)4-2;1-5(2)6(8)9-4-3-7;1-4(2)5(6)7-3/h13H,2-12H2,1H3;2-7H,1H2;4H,2-3,5-6H2,1H3;7H,1,3-4H2,2H3;1H2,2-3H3. The summed E-state index contributed by atoms with van der Waals surface area (Å²) in [7, 11) is 1.33. The summed E-state index contributed by atoms with van der Waals surface area (Å²) in [6.07, 6.45) is 19.2. The van der Waals surface area contributed by atoms with Gasteiger partial charge < -0.3 is 19.3 Å². The van der Waals surface area contributed by atoms with Crippen molar-refractivity contribution in [2.75, 3.05) is 32.7 Å². The van der Waals surface area contributed by atoms with Crippen LogP contribution in [-0.2, 0) is 28.6 Å². The normalized spacial score (nSPS) is 9.02. The summed E-state index contributed by atoms with van der Waals surface area (Å²) in [6, 6.07) is 10.0. The molecule has 8 heteroatoms. The quantitative estimate of drug-likeness (QED) is 0.0500. The monoisotopic (exact) mass is 664 g/mol. The molecule has 0 heterocycles. The summed E-state index contributed by atoms with van der Waals surface area (Å²) in [5.41, 5.74) is 1.96. The van der Waals surface area contributed by atoms with Crippen molar-refractivity contribution < 1.29 is 33.7 Å². The summed E-state index contributed by atoms with van der Waals surface area (Å²) in [4.78, 5) is 31.0. The van der Waals surface area contributed by atoms with Crippen molar-refractivity contribution in [1.82, 2.24) is 0 Å². The largest absolute Gasteiger partial charge is 0.466 e. The number of hydrogen-bond acceptors (Lipinski definition) is 8. The fourth-order valence-electron chi connectivity index (χ4n) is 3.00. The van der Waals surface area contributed by atoms with Crippen LogP contribution in [0.1, 0.15) is 110 Å². The number of esters is 3. The first-order valence-electron chi connectivity index (χ1n) is 16.3. The molecule has 264 valence electrons. The molecule has 0 atom stereocenters. The number of aliphatic hydroxyl groups excluding tert-OH is 1. The minimum atomic E-state index is -0.455. The van der Waals surface area contributed by atoms with Gasteiger partial charge in [0, 0.05) is 17.2 Å². The predicted octanol–water partition coefficient (Wildman–Crippen LogP) is 9.52. The highest BCUT2D eigenvalue weighted by Crippen LogP contribution is 2.10. The van der Waals surface area contributed by atoms with Crippen LogP contribution in [0.25, 0.3) is 6.08 Å². The number of benzene rings is 1. The Kier molecular flexibility index (Phi) is 45.3. The molecular formula is C38H64O7S. The molecule has 0 bridgehead atoms. The van der Waals surface area contributed by atoms with Crippen molar-refractivity contribution >= 4 is 36.6 Å². The lowest BCUT2D eigenvalue weighted by molar-refractivity contribution is -0.140. The van der Waals surface area contributed by atoms with E-state index in [-0.39, 0.29) is 25.2 Å². The van der Waals surface area contributed by atoms with E-state index in [1.54, 1.807) is 13.8 Å². The van der Waals surface area contributed by atoms with Gasteiger partial charge in [0.1, 0.15) is 6.61 Å². The van der Waals surface area contributed by atoms with E-state index in [0.717, 1.165) is 18.6 Å². The average molecular weight is 665 g/mol. The summed E-state index contributed by atoms with van der Waals surface area (Å²) in [5.74, 6) is -0.0660. The highest BCUT2D eigenvalue weighted by atomic mass is 32.1.